The lowest BCUT2D eigenvalue weighted by molar-refractivity contribution is 0.0693. The van der Waals surface area contributed by atoms with Crippen molar-refractivity contribution in [3.63, 3.8) is 0 Å². The van der Waals surface area contributed by atoms with Gasteiger partial charge in [-0.15, -0.1) is 0 Å². The molecule has 0 aliphatic carbocycles. The van der Waals surface area contributed by atoms with Gasteiger partial charge in [-0.3, -0.25) is 4.79 Å². The zero-order chi connectivity index (χ0) is 21.2. The third kappa shape index (κ3) is 4.24. The minimum Gasteiger partial charge on any atom is -0.493 e. The summed E-state index contributed by atoms with van der Waals surface area (Å²) in [4.78, 5) is 14.0. The standard InChI is InChI=1S/C19H20BrFN2O5S/c1-27-16-11-14(20)18(12-17(16)28-2)29(25,26)23-9-7-22(8-10-23)19(24)13-5-3-4-6-15(13)21/h3-6,11-12H,7-10H2,1-2H3. The molecule has 0 spiro atoms. The highest BCUT2D eigenvalue weighted by atomic mass is 79.9. The van der Waals surface area contributed by atoms with Crippen molar-refractivity contribution in [2.24, 2.45) is 0 Å². The molecule has 2 aromatic carbocycles. The van der Waals surface area contributed by atoms with Crippen molar-refractivity contribution in [3.05, 3.63) is 52.3 Å². The molecule has 0 bridgehead atoms. The van der Waals surface area contributed by atoms with Crippen molar-refractivity contribution in [2.45, 2.75) is 4.90 Å². The zero-order valence-corrected chi connectivity index (χ0v) is 18.3. The fourth-order valence-electron chi connectivity index (χ4n) is 3.11. The Morgan fingerprint density at radius 1 is 1.03 bits per heavy atom. The number of benzene rings is 2. The SMILES string of the molecule is COc1cc(Br)c(S(=O)(=O)N2CCN(C(=O)c3ccccc3F)CC2)cc1OC. The van der Waals surface area contributed by atoms with Gasteiger partial charge < -0.3 is 14.4 Å². The molecule has 1 saturated heterocycles. The molecule has 0 saturated carbocycles. The predicted molar refractivity (Wildman–Crippen MR) is 108 cm³/mol. The van der Waals surface area contributed by atoms with Crippen LogP contribution in [0.4, 0.5) is 4.39 Å². The number of carbonyl (C=O) groups is 1. The lowest BCUT2D eigenvalue weighted by Crippen LogP contribution is -2.50. The summed E-state index contributed by atoms with van der Waals surface area (Å²) >= 11 is 3.28. The van der Waals surface area contributed by atoms with Crippen LogP contribution in [-0.4, -0.2) is 63.9 Å². The fraction of sp³-hybridized carbons (Fsp3) is 0.316. The number of carbonyl (C=O) groups excluding carboxylic acids is 1. The number of sulfonamides is 1. The number of rotatable bonds is 5. The van der Waals surface area contributed by atoms with E-state index in [1.165, 1.54) is 53.8 Å². The Bertz CT molecular complexity index is 1020. The average Bonchev–Trinajstić information content (AvgIpc) is 2.73. The number of nitrogens with zero attached hydrogens (tertiary/aromatic N) is 2. The second-order valence-corrected chi connectivity index (χ2v) is 9.07. The van der Waals surface area contributed by atoms with Gasteiger partial charge in [-0.25, -0.2) is 12.8 Å². The fourth-order valence-corrected chi connectivity index (χ4v) is 5.53. The Morgan fingerprint density at radius 2 is 1.62 bits per heavy atom. The normalized spacial score (nSPS) is 15.2. The minimum absolute atomic E-state index is 0.0218. The van der Waals surface area contributed by atoms with E-state index in [-0.39, 0.29) is 36.6 Å². The zero-order valence-electron chi connectivity index (χ0n) is 15.9. The monoisotopic (exact) mass is 486 g/mol. The largest absolute Gasteiger partial charge is 0.493 e. The number of hydrogen-bond acceptors (Lipinski definition) is 5. The van der Waals surface area contributed by atoms with Crippen molar-refractivity contribution < 1.29 is 27.1 Å². The topological polar surface area (TPSA) is 76.2 Å². The first-order valence-corrected chi connectivity index (χ1v) is 11.0. The molecule has 0 aromatic heterocycles. The van der Waals surface area contributed by atoms with E-state index in [0.29, 0.717) is 16.0 Å². The van der Waals surface area contributed by atoms with E-state index in [9.17, 15) is 17.6 Å². The van der Waals surface area contributed by atoms with Gasteiger partial charge in [0.1, 0.15) is 10.7 Å². The highest BCUT2D eigenvalue weighted by Gasteiger charge is 2.33. The molecule has 1 aliphatic rings. The second kappa shape index (κ2) is 8.68. The summed E-state index contributed by atoms with van der Waals surface area (Å²) in [6, 6.07) is 8.67. The van der Waals surface area contributed by atoms with Crippen LogP contribution in [0.2, 0.25) is 0 Å². The summed E-state index contributed by atoms with van der Waals surface area (Å²) in [6.45, 7) is 0.529. The summed E-state index contributed by atoms with van der Waals surface area (Å²) in [7, 11) is -0.945. The number of halogens is 2. The van der Waals surface area contributed by atoms with Gasteiger partial charge >= 0.3 is 0 Å². The first kappa shape index (κ1) is 21.5. The van der Waals surface area contributed by atoms with Gasteiger partial charge in [0.25, 0.3) is 5.91 Å². The summed E-state index contributed by atoms with van der Waals surface area (Å²) < 4.78 is 52.1. The lowest BCUT2D eigenvalue weighted by Gasteiger charge is -2.34. The molecular weight excluding hydrogens is 467 g/mol. The number of methoxy groups -OCH3 is 2. The Morgan fingerprint density at radius 3 is 2.21 bits per heavy atom. The molecule has 7 nitrogen and oxygen atoms in total. The molecule has 0 atom stereocenters. The van der Waals surface area contributed by atoms with Gasteiger partial charge in [0.2, 0.25) is 10.0 Å². The average molecular weight is 487 g/mol. The van der Waals surface area contributed by atoms with Crippen molar-refractivity contribution in [2.75, 3.05) is 40.4 Å². The van der Waals surface area contributed by atoms with Gasteiger partial charge in [0.05, 0.1) is 19.8 Å². The van der Waals surface area contributed by atoms with Crippen LogP contribution in [0, 0.1) is 5.82 Å². The smallest absolute Gasteiger partial charge is 0.256 e. The quantitative estimate of drug-likeness (QED) is 0.649. The van der Waals surface area contributed by atoms with E-state index >= 15 is 0 Å². The van der Waals surface area contributed by atoms with E-state index in [2.05, 4.69) is 15.9 Å². The predicted octanol–water partition coefficient (Wildman–Crippen LogP) is 2.75. The third-order valence-corrected chi connectivity index (χ3v) is 7.54. The van der Waals surface area contributed by atoms with Gasteiger partial charge in [-0.2, -0.15) is 4.31 Å². The van der Waals surface area contributed by atoms with E-state index in [0.717, 1.165) is 0 Å². The van der Waals surface area contributed by atoms with Crippen LogP contribution in [0.15, 0.2) is 45.8 Å². The maximum absolute atomic E-state index is 13.9. The summed E-state index contributed by atoms with van der Waals surface area (Å²) in [5, 5.41) is 0. The summed E-state index contributed by atoms with van der Waals surface area (Å²) in [5.41, 5.74) is -0.0218. The molecule has 0 N–H and O–H groups in total. The van der Waals surface area contributed by atoms with Gasteiger partial charge in [0, 0.05) is 36.7 Å². The van der Waals surface area contributed by atoms with Crippen LogP contribution in [0.25, 0.3) is 0 Å². The minimum atomic E-state index is -3.83. The molecule has 156 valence electrons. The van der Waals surface area contributed by atoms with Crippen LogP contribution in [0.3, 0.4) is 0 Å². The third-order valence-electron chi connectivity index (χ3n) is 4.69. The molecular formula is C19H20BrFN2O5S. The van der Waals surface area contributed by atoms with Crippen molar-refractivity contribution in [1.82, 2.24) is 9.21 Å². The molecule has 2 aromatic rings. The molecule has 1 heterocycles. The van der Waals surface area contributed by atoms with Crippen LogP contribution >= 0.6 is 15.9 Å². The number of ether oxygens (including phenoxy) is 2. The molecule has 3 rings (SSSR count). The van der Waals surface area contributed by atoms with Crippen molar-refractivity contribution in [1.29, 1.82) is 0 Å². The van der Waals surface area contributed by atoms with Gasteiger partial charge in [-0.1, -0.05) is 12.1 Å². The van der Waals surface area contributed by atoms with Gasteiger partial charge in [-0.05, 0) is 34.1 Å². The van der Waals surface area contributed by atoms with E-state index < -0.39 is 21.7 Å². The Kier molecular flexibility index (Phi) is 6.45. The van der Waals surface area contributed by atoms with Crippen LogP contribution in [-0.2, 0) is 10.0 Å². The Balaban J connectivity index is 1.78. The summed E-state index contributed by atoms with van der Waals surface area (Å²) in [5.74, 6) is -0.351. The number of amides is 1. The van der Waals surface area contributed by atoms with E-state index in [4.69, 9.17) is 9.47 Å². The molecule has 0 unspecified atom stereocenters. The first-order chi connectivity index (χ1) is 13.8. The molecule has 1 aliphatic heterocycles. The number of piperazine rings is 1. The number of hydrogen-bond donors (Lipinski definition) is 0. The maximum atomic E-state index is 13.9. The molecule has 29 heavy (non-hydrogen) atoms. The highest BCUT2D eigenvalue weighted by Crippen LogP contribution is 2.36. The van der Waals surface area contributed by atoms with Crippen LogP contribution < -0.4 is 9.47 Å². The molecule has 1 fully saturated rings. The molecule has 10 heteroatoms. The summed E-state index contributed by atoms with van der Waals surface area (Å²) in [6.07, 6.45) is 0. The van der Waals surface area contributed by atoms with Crippen molar-refractivity contribution in [3.8, 4) is 11.5 Å². The lowest BCUT2D eigenvalue weighted by atomic mass is 10.1. The van der Waals surface area contributed by atoms with E-state index in [1.807, 2.05) is 0 Å². The second-order valence-electron chi connectivity index (χ2n) is 6.31. The van der Waals surface area contributed by atoms with Crippen LogP contribution in [0.5, 0.6) is 11.5 Å². The van der Waals surface area contributed by atoms with Crippen LogP contribution in [0.1, 0.15) is 10.4 Å². The first-order valence-electron chi connectivity index (χ1n) is 8.75. The Labute approximate surface area is 177 Å². The van der Waals surface area contributed by atoms with Crippen molar-refractivity contribution >= 4 is 31.9 Å². The van der Waals surface area contributed by atoms with E-state index in [1.54, 1.807) is 6.07 Å². The van der Waals surface area contributed by atoms with Gasteiger partial charge in [0.15, 0.2) is 11.5 Å². The highest BCUT2D eigenvalue weighted by molar-refractivity contribution is 9.10. The molecule has 1 amide bonds. The Hall–Kier alpha value is -2.17. The maximum Gasteiger partial charge on any atom is 0.256 e. The molecule has 0 radical (unpaired) electrons.